The van der Waals surface area contributed by atoms with Crippen LogP contribution >= 0.6 is 0 Å². The third-order valence-electron chi connectivity index (χ3n) is 4.19. The van der Waals surface area contributed by atoms with E-state index >= 15 is 0 Å². The first kappa shape index (κ1) is 16.9. The van der Waals surface area contributed by atoms with Crippen LogP contribution in [-0.2, 0) is 24.9 Å². The summed E-state index contributed by atoms with van der Waals surface area (Å²) in [5, 5.41) is 0. The van der Waals surface area contributed by atoms with Crippen LogP contribution in [0.25, 0.3) is 11.0 Å². The van der Waals surface area contributed by atoms with E-state index in [0.29, 0.717) is 5.52 Å². The van der Waals surface area contributed by atoms with Crippen molar-refractivity contribution in [1.82, 2.24) is 14.0 Å². The van der Waals surface area contributed by atoms with Crippen LogP contribution in [0.4, 0.5) is 8.78 Å². The second kappa shape index (κ2) is 6.51. The molecule has 1 heterocycles. The maximum Gasteiger partial charge on any atom is 0.329 e. The monoisotopic (exact) mass is 345 g/mol. The Bertz CT molecular complexity index is 1010. The maximum absolute atomic E-state index is 13.7. The summed E-state index contributed by atoms with van der Waals surface area (Å²) in [5.74, 6) is -1.72. The van der Waals surface area contributed by atoms with Crippen LogP contribution in [0.1, 0.15) is 5.56 Å². The molecule has 0 unspecified atom stereocenters. The molecule has 0 fully saturated rings. The van der Waals surface area contributed by atoms with Crippen molar-refractivity contribution in [3.63, 3.8) is 0 Å². The van der Waals surface area contributed by atoms with E-state index in [1.54, 1.807) is 25.2 Å². The Morgan fingerprint density at radius 2 is 1.80 bits per heavy atom. The van der Waals surface area contributed by atoms with E-state index in [1.807, 2.05) is 6.07 Å². The highest BCUT2D eigenvalue weighted by Crippen LogP contribution is 2.14. The number of aromatic nitrogens is 2. The molecule has 0 aliphatic rings. The van der Waals surface area contributed by atoms with E-state index in [4.69, 9.17) is 0 Å². The highest BCUT2D eigenvalue weighted by atomic mass is 19.1. The minimum Gasteiger partial charge on any atom is -0.340 e. The van der Waals surface area contributed by atoms with Crippen LogP contribution < -0.4 is 5.69 Å². The van der Waals surface area contributed by atoms with Crippen molar-refractivity contribution in [3.05, 3.63) is 70.1 Å². The van der Waals surface area contributed by atoms with Gasteiger partial charge in [-0.2, -0.15) is 0 Å². The zero-order chi connectivity index (χ0) is 18.1. The topological polar surface area (TPSA) is 47.2 Å². The van der Waals surface area contributed by atoms with Gasteiger partial charge in [-0.25, -0.2) is 13.6 Å². The largest absolute Gasteiger partial charge is 0.340 e. The molecule has 0 spiro atoms. The number of amides is 1. The standard InChI is InChI=1S/C18H17F2N3O2/c1-21(10-12-7-8-13(19)9-14(12)20)17(24)11-23-16-6-4-3-5-15(16)22(2)18(23)25/h3-9H,10-11H2,1-2H3. The number of halogens is 2. The maximum atomic E-state index is 13.7. The molecule has 0 radical (unpaired) electrons. The fourth-order valence-corrected chi connectivity index (χ4v) is 2.77. The van der Waals surface area contributed by atoms with Gasteiger partial charge in [0.1, 0.15) is 18.2 Å². The Morgan fingerprint density at radius 3 is 2.48 bits per heavy atom. The van der Waals surface area contributed by atoms with E-state index in [-0.39, 0.29) is 30.2 Å². The van der Waals surface area contributed by atoms with Gasteiger partial charge in [-0.15, -0.1) is 0 Å². The van der Waals surface area contributed by atoms with Gasteiger partial charge in [0, 0.05) is 32.3 Å². The number of nitrogens with zero attached hydrogens (tertiary/aromatic N) is 3. The first-order valence-corrected chi connectivity index (χ1v) is 7.70. The molecule has 0 saturated carbocycles. The highest BCUT2D eigenvalue weighted by Gasteiger charge is 2.17. The number of para-hydroxylation sites is 2. The molecule has 0 bridgehead atoms. The highest BCUT2D eigenvalue weighted by molar-refractivity contribution is 5.80. The summed E-state index contributed by atoms with van der Waals surface area (Å²) in [7, 11) is 3.16. The van der Waals surface area contributed by atoms with E-state index in [2.05, 4.69) is 0 Å². The van der Waals surface area contributed by atoms with Gasteiger partial charge in [0.25, 0.3) is 0 Å². The first-order valence-electron chi connectivity index (χ1n) is 7.70. The number of carbonyl (C=O) groups excluding carboxylic acids is 1. The molecule has 5 nitrogen and oxygen atoms in total. The molecule has 7 heteroatoms. The lowest BCUT2D eigenvalue weighted by molar-refractivity contribution is -0.131. The Labute approximate surface area is 142 Å². The predicted molar refractivity (Wildman–Crippen MR) is 90.0 cm³/mol. The molecule has 1 aromatic heterocycles. The second-order valence-electron chi connectivity index (χ2n) is 5.90. The zero-order valence-corrected chi connectivity index (χ0v) is 13.9. The first-order chi connectivity index (χ1) is 11.9. The molecule has 0 N–H and O–H groups in total. The normalized spacial score (nSPS) is 11.0. The van der Waals surface area contributed by atoms with Crippen molar-refractivity contribution in [2.24, 2.45) is 7.05 Å². The lowest BCUT2D eigenvalue weighted by Crippen LogP contribution is -2.34. The minimum absolute atomic E-state index is 0.00946. The average molecular weight is 345 g/mol. The molecule has 0 aliphatic carbocycles. The van der Waals surface area contributed by atoms with Crippen molar-refractivity contribution >= 4 is 16.9 Å². The molecular weight excluding hydrogens is 328 g/mol. The van der Waals surface area contributed by atoms with Crippen LogP contribution in [-0.4, -0.2) is 27.0 Å². The van der Waals surface area contributed by atoms with Gasteiger partial charge in [-0.1, -0.05) is 18.2 Å². The molecule has 1 amide bonds. The van der Waals surface area contributed by atoms with Crippen LogP contribution in [0.15, 0.2) is 47.3 Å². The number of hydrogen-bond donors (Lipinski definition) is 0. The lowest BCUT2D eigenvalue weighted by atomic mass is 10.2. The third kappa shape index (κ3) is 3.17. The number of carbonyl (C=O) groups is 1. The fraction of sp³-hybridized carbons (Fsp3) is 0.222. The smallest absolute Gasteiger partial charge is 0.329 e. The van der Waals surface area contributed by atoms with Crippen LogP contribution in [0, 0.1) is 11.6 Å². The third-order valence-corrected chi connectivity index (χ3v) is 4.19. The summed E-state index contributed by atoms with van der Waals surface area (Å²) >= 11 is 0. The van der Waals surface area contributed by atoms with Crippen LogP contribution in [0.5, 0.6) is 0 Å². The van der Waals surface area contributed by atoms with E-state index in [1.165, 1.54) is 27.1 Å². The van der Waals surface area contributed by atoms with Gasteiger partial charge in [-0.3, -0.25) is 13.9 Å². The summed E-state index contributed by atoms with van der Waals surface area (Å²) in [4.78, 5) is 26.1. The zero-order valence-electron chi connectivity index (χ0n) is 13.9. The Hall–Kier alpha value is -2.96. The van der Waals surface area contributed by atoms with Crippen molar-refractivity contribution < 1.29 is 13.6 Å². The van der Waals surface area contributed by atoms with Crippen molar-refractivity contribution in [2.75, 3.05) is 7.05 Å². The van der Waals surface area contributed by atoms with Gasteiger partial charge in [0.05, 0.1) is 11.0 Å². The van der Waals surface area contributed by atoms with E-state index < -0.39 is 11.6 Å². The summed E-state index contributed by atoms with van der Waals surface area (Å²) in [6.07, 6.45) is 0. The molecule has 0 aliphatic heterocycles. The lowest BCUT2D eigenvalue weighted by Gasteiger charge is -2.18. The summed E-state index contributed by atoms with van der Waals surface area (Å²) in [6.45, 7) is -0.163. The summed E-state index contributed by atoms with van der Waals surface area (Å²) in [5.41, 5.74) is 1.30. The molecule has 0 atom stereocenters. The molecule has 3 rings (SSSR count). The second-order valence-corrected chi connectivity index (χ2v) is 5.90. The van der Waals surface area contributed by atoms with Crippen molar-refractivity contribution in [1.29, 1.82) is 0 Å². The number of likely N-dealkylation sites (N-methyl/N-ethyl adjacent to an activating group) is 1. The summed E-state index contributed by atoms with van der Waals surface area (Å²) < 4.78 is 29.6. The van der Waals surface area contributed by atoms with Crippen LogP contribution in [0.3, 0.4) is 0 Å². The Kier molecular flexibility index (Phi) is 4.39. The van der Waals surface area contributed by atoms with Gasteiger partial charge >= 0.3 is 5.69 Å². The number of aryl methyl sites for hydroxylation is 1. The number of fused-ring (bicyclic) bond motifs is 1. The van der Waals surface area contributed by atoms with Gasteiger partial charge in [0.2, 0.25) is 5.91 Å². The Balaban J connectivity index is 1.83. The van der Waals surface area contributed by atoms with Gasteiger partial charge < -0.3 is 4.90 Å². The fourth-order valence-electron chi connectivity index (χ4n) is 2.77. The summed E-state index contributed by atoms with van der Waals surface area (Å²) in [6, 6.07) is 10.4. The molecule has 25 heavy (non-hydrogen) atoms. The number of imidazole rings is 1. The van der Waals surface area contributed by atoms with Crippen molar-refractivity contribution in [3.8, 4) is 0 Å². The molecular formula is C18H17F2N3O2. The van der Waals surface area contributed by atoms with E-state index in [9.17, 15) is 18.4 Å². The quantitative estimate of drug-likeness (QED) is 0.728. The molecule has 2 aromatic carbocycles. The number of benzene rings is 2. The van der Waals surface area contributed by atoms with E-state index in [0.717, 1.165) is 17.6 Å². The average Bonchev–Trinajstić information content (AvgIpc) is 2.82. The number of hydrogen-bond acceptors (Lipinski definition) is 2. The molecule has 130 valence electrons. The predicted octanol–water partition coefficient (Wildman–Crippen LogP) is 2.28. The minimum atomic E-state index is -0.707. The SMILES string of the molecule is CN(Cc1ccc(F)cc1F)C(=O)Cn1c(=O)n(C)c2ccccc21. The van der Waals surface area contributed by atoms with Crippen LogP contribution in [0.2, 0.25) is 0 Å². The van der Waals surface area contributed by atoms with Crippen molar-refractivity contribution in [2.45, 2.75) is 13.1 Å². The molecule has 0 saturated heterocycles. The molecule has 3 aromatic rings. The van der Waals surface area contributed by atoms with Gasteiger partial charge in [-0.05, 0) is 18.2 Å². The number of rotatable bonds is 4. The Morgan fingerprint density at radius 1 is 1.12 bits per heavy atom. The van der Waals surface area contributed by atoms with Gasteiger partial charge in [0.15, 0.2) is 0 Å².